The van der Waals surface area contributed by atoms with Crippen LogP contribution in [0.5, 0.6) is 5.75 Å². The van der Waals surface area contributed by atoms with Crippen LogP contribution in [0, 0.1) is 0 Å². The number of amides is 1. The zero-order valence-electron chi connectivity index (χ0n) is 18.0. The second-order valence-corrected chi connectivity index (χ2v) is 9.02. The van der Waals surface area contributed by atoms with Crippen LogP contribution in [0.15, 0.2) is 53.0 Å². The van der Waals surface area contributed by atoms with E-state index in [2.05, 4.69) is 40.2 Å². The SMILES string of the molecule is CC.CC(C)(C)OC(=O)N1CCC(c2ccc(O)cc2)(c2ccc(Br)cc2)CC1. The molecule has 1 heterocycles. The van der Waals surface area contributed by atoms with Gasteiger partial charge in [-0.15, -0.1) is 0 Å². The standard InChI is InChI=1S/C22H26BrNO3.C2H6/c1-21(2,3)27-20(26)24-14-12-22(13-15-24,16-4-8-18(23)9-5-16)17-6-10-19(25)11-7-17;1-2/h4-11,25H,12-15H2,1-3H3;1-2H3. The molecule has 0 radical (unpaired) electrons. The van der Waals surface area contributed by atoms with Gasteiger partial charge in [-0.2, -0.15) is 0 Å². The minimum atomic E-state index is -0.492. The highest BCUT2D eigenvalue weighted by molar-refractivity contribution is 9.10. The number of rotatable bonds is 2. The van der Waals surface area contributed by atoms with Gasteiger partial charge >= 0.3 is 6.09 Å². The Balaban J connectivity index is 0.00000145. The molecule has 0 unspecified atom stereocenters. The summed E-state index contributed by atoms with van der Waals surface area (Å²) < 4.78 is 6.58. The molecule has 0 aromatic heterocycles. The number of aromatic hydroxyl groups is 1. The molecule has 4 nitrogen and oxygen atoms in total. The third-order valence-electron chi connectivity index (χ3n) is 5.09. The van der Waals surface area contributed by atoms with Crippen LogP contribution in [0.1, 0.15) is 58.6 Å². The first-order chi connectivity index (χ1) is 13.7. The zero-order valence-corrected chi connectivity index (χ0v) is 19.6. The average molecular weight is 462 g/mol. The molecule has 0 aliphatic carbocycles. The van der Waals surface area contributed by atoms with E-state index in [9.17, 15) is 9.90 Å². The number of phenolic OH excluding ortho intramolecular Hbond substituents is 1. The molecule has 5 heteroatoms. The van der Waals surface area contributed by atoms with Crippen molar-refractivity contribution in [2.75, 3.05) is 13.1 Å². The lowest BCUT2D eigenvalue weighted by Crippen LogP contribution is -2.47. The predicted molar refractivity (Wildman–Crippen MR) is 121 cm³/mol. The smallest absolute Gasteiger partial charge is 0.410 e. The quantitative estimate of drug-likeness (QED) is 0.555. The summed E-state index contributed by atoms with van der Waals surface area (Å²) in [5.41, 5.74) is 1.70. The van der Waals surface area contributed by atoms with Gasteiger partial charge in [-0.3, -0.25) is 0 Å². The third kappa shape index (κ3) is 5.75. The minimum Gasteiger partial charge on any atom is -0.508 e. The highest BCUT2D eigenvalue weighted by atomic mass is 79.9. The van der Waals surface area contributed by atoms with Gasteiger partial charge in [-0.25, -0.2) is 4.79 Å². The maximum absolute atomic E-state index is 12.5. The Morgan fingerprint density at radius 1 is 0.966 bits per heavy atom. The summed E-state index contributed by atoms with van der Waals surface area (Å²) in [6.45, 7) is 10.9. The molecule has 2 aromatic carbocycles. The summed E-state index contributed by atoms with van der Waals surface area (Å²) in [4.78, 5) is 14.2. The van der Waals surface area contributed by atoms with E-state index in [0.717, 1.165) is 22.9 Å². The van der Waals surface area contributed by atoms with Gasteiger partial charge in [0.05, 0.1) is 0 Å². The fourth-order valence-electron chi connectivity index (χ4n) is 3.69. The predicted octanol–water partition coefficient (Wildman–Crippen LogP) is 6.50. The van der Waals surface area contributed by atoms with Crippen LogP contribution >= 0.6 is 15.9 Å². The largest absolute Gasteiger partial charge is 0.508 e. The van der Waals surface area contributed by atoms with E-state index in [-0.39, 0.29) is 17.3 Å². The van der Waals surface area contributed by atoms with Gasteiger partial charge in [0.25, 0.3) is 0 Å². The van der Waals surface area contributed by atoms with Gasteiger partial charge in [0.1, 0.15) is 11.4 Å². The monoisotopic (exact) mass is 461 g/mol. The molecule has 1 aliphatic rings. The van der Waals surface area contributed by atoms with Crippen LogP contribution in [-0.2, 0) is 10.2 Å². The molecule has 29 heavy (non-hydrogen) atoms. The van der Waals surface area contributed by atoms with E-state index in [1.165, 1.54) is 5.56 Å². The van der Waals surface area contributed by atoms with Crippen molar-refractivity contribution in [2.45, 2.75) is 58.5 Å². The molecule has 0 saturated carbocycles. The Bertz CT molecular complexity index is 739. The Hall–Kier alpha value is -2.01. The Morgan fingerprint density at radius 3 is 1.86 bits per heavy atom. The Kier molecular flexibility index (Phi) is 7.75. The van der Waals surface area contributed by atoms with Crippen molar-refractivity contribution in [1.82, 2.24) is 4.90 Å². The zero-order chi connectivity index (χ0) is 21.7. The molecule has 1 N–H and O–H groups in total. The number of carbonyl (C=O) groups excluding carboxylic acids is 1. The van der Waals surface area contributed by atoms with Crippen molar-refractivity contribution in [1.29, 1.82) is 0 Å². The highest BCUT2D eigenvalue weighted by Crippen LogP contribution is 2.42. The topological polar surface area (TPSA) is 49.8 Å². The molecule has 2 aromatic rings. The van der Waals surface area contributed by atoms with E-state index >= 15 is 0 Å². The molecule has 1 saturated heterocycles. The molecular weight excluding hydrogens is 430 g/mol. The number of carbonyl (C=O) groups is 1. The summed E-state index contributed by atoms with van der Waals surface area (Å²) in [5, 5.41) is 9.69. The van der Waals surface area contributed by atoms with Crippen molar-refractivity contribution in [3.8, 4) is 5.75 Å². The summed E-state index contributed by atoms with van der Waals surface area (Å²) in [7, 11) is 0. The summed E-state index contributed by atoms with van der Waals surface area (Å²) in [6, 6.07) is 15.8. The minimum absolute atomic E-state index is 0.188. The van der Waals surface area contributed by atoms with E-state index in [0.29, 0.717) is 13.1 Å². The number of nitrogens with zero attached hydrogens (tertiary/aromatic N) is 1. The van der Waals surface area contributed by atoms with Gasteiger partial charge in [0.15, 0.2) is 0 Å². The first kappa shape index (κ1) is 23.3. The van der Waals surface area contributed by atoms with Crippen LogP contribution in [0.25, 0.3) is 0 Å². The van der Waals surface area contributed by atoms with Gasteiger partial charge in [-0.05, 0) is 69.0 Å². The van der Waals surface area contributed by atoms with Gasteiger partial charge < -0.3 is 14.7 Å². The Labute approximate surface area is 183 Å². The Morgan fingerprint density at radius 2 is 1.41 bits per heavy atom. The number of benzene rings is 2. The maximum Gasteiger partial charge on any atom is 0.410 e. The van der Waals surface area contributed by atoms with E-state index < -0.39 is 5.60 Å². The first-order valence-electron chi connectivity index (χ1n) is 10.2. The van der Waals surface area contributed by atoms with Crippen LogP contribution in [0.4, 0.5) is 4.79 Å². The van der Waals surface area contributed by atoms with Crippen molar-refractivity contribution < 1.29 is 14.6 Å². The van der Waals surface area contributed by atoms with Gasteiger partial charge in [0.2, 0.25) is 0 Å². The van der Waals surface area contributed by atoms with Crippen LogP contribution in [0.3, 0.4) is 0 Å². The van der Waals surface area contributed by atoms with E-state index in [1.54, 1.807) is 17.0 Å². The van der Waals surface area contributed by atoms with Crippen LogP contribution in [-0.4, -0.2) is 34.8 Å². The second kappa shape index (κ2) is 9.66. The number of ether oxygens (including phenoxy) is 1. The number of likely N-dealkylation sites (tertiary alicyclic amines) is 1. The van der Waals surface area contributed by atoms with Gasteiger partial charge in [-0.1, -0.05) is 54.0 Å². The molecule has 1 aliphatic heterocycles. The lowest BCUT2D eigenvalue weighted by atomic mass is 9.68. The fourth-order valence-corrected chi connectivity index (χ4v) is 3.96. The van der Waals surface area contributed by atoms with E-state index in [4.69, 9.17) is 4.74 Å². The second-order valence-electron chi connectivity index (χ2n) is 8.10. The molecule has 0 atom stereocenters. The molecule has 1 amide bonds. The molecular formula is C24H32BrNO3. The van der Waals surface area contributed by atoms with Crippen molar-refractivity contribution in [3.05, 3.63) is 64.1 Å². The summed E-state index contributed by atoms with van der Waals surface area (Å²) >= 11 is 3.51. The number of phenols is 1. The number of halogens is 1. The first-order valence-corrected chi connectivity index (χ1v) is 11.0. The van der Waals surface area contributed by atoms with Crippen LogP contribution in [0.2, 0.25) is 0 Å². The molecule has 3 rings (SSSR count). The molecule has 0 bridgehead atoms. The normalized spacial score (nSPS) is 15.9. The van der Waals surface area contributed by atoms with Crippen molar-refractivity contribution in [2.24, 2.45) is 0 Å². The average Bonchev–Trinajstić information content (AvgIpc) is 2.69. The van der Waals surface area contributed by atoms with Crippen LogP contribution < -0.4 is 0 Å². The lowest BCUT2D eigenvalue weighted by molar-refractivity contribution is 0.0180. The molecule has 158 valence electrons. The summed E-state index contributed by atoms with van der Waals surface area (Å²) in [6.07, 6.45) is 1.36. The highest BCUT2D eigenvalue weighted by Gasteiger charge is 2.39. The van der Waals surface area contributed by atoms with E-state index in [1.807, 2.05) is 46.8 Å². The molecule has 1 fully saturated rings. The maximum atomic E-state index is 12.5. The van der Waals surface area contributed by atoms with Crippen molar-refractivity contribution in [3.63, 3.8) is 0 Å². The fraction of sp³-hybridized carbons (Fsp3) is 0.458. The van der Waals surface area contributed by atoms with Gasteiger partial charge in [0, 0.05) is 23.0 Å². The van der Waals surface area contributed by atoms with Crippen molar-refractivity contribution >= 4 is 22.0 Å². The third-order valence-corrected chi connectivity index (χ3v) is 5.61. The summed E-state index contributed by atoms with van der Waals surface area (Å²) in [5.74, 6) is 0.260. The number of piperidine rings is 1. The number of hydrogen-bond acceptors (Lipinski definition) is 3. The number of hydrogen-bond donors (Lipinski definition) is 1. The lowest BCUT2D eigenvalue weighted by Gasteiger charge is -2.43. The molecule has 0 spiro atoms.